The van der Waals surface area contributed by atoms with E-state index in [1.165, 1.54) is 11.8 Å². The quantitative estimate of drug-likeness (QED) is 0.678. The molecule has 0 amide bonds. The van der Waals surface area contributed by atoms with Gasteiger partial charge in [0.15, 0.2) is 5.17 Å². The van der Waals surface area contributed by atoms with E-state index in [4.69, 9.17) is 15.2 Å². The van der Waals surface area contributed by atoms with Crippen molar-refractivity contribution in [2.75, 3.05) is 20.5 Å². The fraction of sp³-hybridized carbons (Fsp3) is 0.235. The van der Waals surface area contributed by atoms with Crippen molar-refractivity contribution in [1.29, 1.82) is 0 Å². The van der Waals surface area contributed by atoms with Crippen LogP contribution in [0.4, 0.5) is 0 Å². The first kappa shape index (κ1) is 16.2. The second-order valence-electron chi connectivity index (χ2n) is 4.62. The van der Waals surface area contributed by atoms with Gasteiger partial charge in [-0.2, -0.15) is 0 Å². The van der Waals surface area contributed by atoms with Gasteiger partial charge in [0, 0.05) is 0 Å². The van der Waals surface area contributed by atoms with Gasteiger partial charge in [-0.1, -0.05) is 36.0 Å². The number of nitrogens with zero attached hydrogens (tertiary/aromatic N) is 1. The van der Waals surface area contributed by atoms with Gasteiger partial charge in [-0.05, 0) is 41.6 Å². The van der Waals surface area contributed by atoms with Crippen LogP contribution >= 0.6 is 11.8 Å². The third-order valence-electron chi connectivity index (χ3n) is 3.33. The molecular formula is C17H20N2O2S. The predicted molar refractivity (Wildman–Crippen MR) is 93.0 cm³/mol. The molecule has 0 fully saturated rings. The summed E-state index contributed by atoms with van der Waals surface area (Å²) in [5.41, 5.74) is 8.04. The van der Waals surface area contributed by atoms with Crippen LogP contribution in [0.2, 0.25) is 0 Å². The molecule has 2 aromatic rings. The standard InChI is InChI=1S/C17H20N2O2S/c1-20-14-8-4-12(5-9-14)16(19-17(18)22-3)13-6-10-15(21-2)11-7-13/h4-11,16H,1-3H3,(H2,18,19). The SMILES string of the molecule is COc1ccc(C(N=C(N)SC)c2ccc(OC)cc2)cc1. The Bertz CT molecular complexity index is 577. The van der Waals surface area contributed by atoms with Gasteiger partial charge in [-0.15, -0.1) is 0 Å². The summed E-state index contributed by atoms with van der Waals surface area (Å²) < 4.78 is 10.4. The van der Waals surface area contributed by atoms with Crippen molar-refractivity contribution >= 4 is 16.9 Å². The zero-order valence-corrected chi connectivity index (χ0v) is 13.8. The molecule has 0 atom stereocenters. The molecule has 0 saturated heterocycles. The van der Waals surface area contributed by atoms with Crippen LogP contribution in [-0.4, -0.2) is 25.6 Å². The lowest BCUT2D eigenvalue weighted by Crippen LogP contribution is -2.10. The second-order valence-corrected chi connectivity index (χ2v) is 5.45. The fourth-order valence-electron chi connectivity index (χ4n) is 2.09. The maximum atomic E-state index is 5.92. The normalized spacial score (nSPS) is 11.5. The summed E-state index contributed by atoms with van der Waals surface area (Å²) in [6.07, 6.45) is 1.91. The highest BCUT2D eigenvalue weighted by atomic mass is 32.2. The lowest BCUT2D eigenvalue weighted by atomic mass is 9.99. The first-order valence-corrected chi connectivity index (χ1v) is 8.05. The van der Waals surface area contributed by atoms with Gasteiger partial charge in [-0.25, -0.2) is 4.99 Å². The molecule has 0 aliphatic heterocycles. The molecule has 0 unspecified atom stereocenters. The second kappa shape index (κ2) is 7.75. The summed E-state index contributed by atoms with van der Waals surface area (Å²) >= 11 is 1.44. The van der Waals surface area contributed by atoms with Gasteiger partial charge in [0.1, 0.15) is 17.5 Å². The Labute approximate surface area is 135 Å². The zero-order chi connectivity index (χ0) is 15.9. The third kappa shape index (κ3) is 3.95. The number of amidine groups is 1. The minimum absolute atomic E-state index is 0.149. The summed E-state index contributed by atoms with van der Waals surface area (Å²) in [6.45, 7) is 0. The number of hydrogen-bond donors (Lipinski definition) is 1. The third-order valence-corrected chi connectivity index (χ3v) is 3.85. The zero-order valence-electron chi connectivity index (χ0n) is 12.9. The Morgan fingerprint density at radius 3 is 1.64 bits per heavy atom. The molecular weight excluding hydrogens is 296 g/mol. The first-order chi connectivity index (χ1) is 10.7. The van der Waals surface area contributed by atoms with Crippen molar-refractivity contribution in [3.63, 3.8) is 0 Å². The molecule has 22 heavy (non-hydrogen) atoms. The van der Waals surface area contributed by atoms with Gasteiger partial charge in [0.25, 0.3) is 0 Å². The molecule has 116 valence electrons. The number of rotatable bonds is 5. The largest absolute Gasteiger partial charge is 0.497 e. The first-order valence-electron chi connectivity index (χ1n) is 6.83. The van der Waals surface area contributed by atoms with Gasteiger partial charge in [0.05, 0.1) is 14.2 Å². The van der Waals surface area contributed by atoms with Crippen molar-refractivity contribution in [2.24, 2.45) is 10.7 Å². The summed E-state index contributed by atoms with van der Waals surface area (Å²) in [4.78, 5) is 4.62. The number of thioether (sulfide) groups is 1. The van der Waals surface area contributed by atoms with Crippen LogP contribution in [0.15, 0.2) is 53.5 Å². The molecule has 0 radical (unpaired) electrons. The summed E-state index contributed by atoms with van der Waals surface area (Å²) in [5, 5.41) is 0.552. The molecule has 0 bridgehead atoms. The molecule has 5 heteroatoms. The Hall–Kier alpha value is -2.14. The average molecular weight is 316 g/mol. The maximum absolute atomic E-state index is 5.92. The minimum Gasteiger partial charge on any atom is -0.497 e. The van der Waals surface area contributed by atoms with Crippen molar-refractivity contribution in [2.45, 2.75) is 6.04 Å². The highest BCUT2D eigenvalue weighted by Crippen LogP contribution is 2.29. The Morgan fingerprint density at radius 2 is 1.32 bits per heavy atom. The van der Waals surface area contributed by atoms with E-state index in [-0.39, 0.29) is 6.04 Å². The van der Waals surface area contributed by atoms with Crippen LogP contribution in [0.5, 0.6) is 11.5 Å². The van der Waals surface area contributed by atoms with Crippen LogP contribution in [0.1, 0.15) is 17.2 Å². The molecule has 2 N–H and O–H groups in total. The molecule has 2 aromatic carbocycles. The van der Waals surface area contributed by atoms with Crippen molar-refractivity contribution in [3.05, 3.63) is 59.7 Å². The lowest BCUT2D eigenvalue weighted by Gasteiger charge is -2.15. The van der Waals surface area contributed by atoms with E-state index >= 15 is 0 Å². The van der Waals surface area contributed by atoms with E-state index in [1.807, 2.05) is 54.8 Å². The summed E-state index contributed by atoms with van der Waals surface area (Å²) in [5.74, 6) is 1.64. The molecule has 0 aromatic heterocycles. The predicted octanol–water partition coefficient (Wildman–Crippen LogP) is 3.47. The van der Waals surface area contributed by atoms with E-state index in [2.05, 4.69) is 4.99 Å². The van der Waals surface area contributed by atoms with Gasteiger partial charge >= 0.3 is 0 Å². The fourth-order valence-corrected chi connectivity index (χ4v) is 2.30. The van der Waals surface area contributed by atoms with E-state index in [9.17, 15) is 0 Å². The van der Waals surface area contributed by atoms with Crippen LogP contribution < -0.4 is 15.2 Å². The molecule has 2 rings (SSSR count). The lowest BCUT2D eigenvalue weighted by molar-refractivity contribution is 0.414. The number of aliphatic imine (C=N–C) groups is 1. The minimum atomic E-state index is -0.149. The van der Waals surface area contributed by atoms with Crippen LogP contribution in [0.3, 0.4) is 0 Å². The molecule has 0 saturated carbocycles. The van der Waals surface area contributed by atoms with Crippen LogP contribution in [0, 0.1) is 0 Å². The van der Waals surface area contributed by atoms with Crippen LogP contribution in [-0.2, 0) is 0 Å². The average Bonchev–Trinajstić information content (AvgIpc) is 2.59. The molecule has 0 spiro atoms. The molecule has 0 aliphatic carbocycles. The molecule has 0 aliphatic rings. The van der Waals surface area contributed by atoms with E-state index in [0.29, 0.717) is 5.17 Å². The Balaban J connectivity index is 2.40. The number of hydrogen-bond acceptors (Lipinski definition) is 4. The number of benzene rings is 2. The van der Waals surface area contributed by atoms with Crippen molar-refractivity contribution < 1.29 is 9.47 Å². The summed E-state index contributed by atoms with van der Waals surface area (Å²) in [7, 11) is 3.31. The number of ether oxygens (including phenoxy) is 2. The van der Waals surface area contributed by atoms with E-state index in [0.717, 1.165) is 22.6 Å². The van der Waals surface area contributed by atoms with Gasteiger partial charge < -0.3 is 15.2 Å². The topological polar surface area (TPSA) is 56.8 Å². The van der Waals surface area contributed by atoms with Crippen molar-refractivity contribution in [1.82, 2.24) is 0 Å². The van der Waals surface area contributed by atoms with Gasteiger partial charge in [-0.3, -0.25) is 0 Å². The van der Waals surface area contributed by atoms with Crippen LogP contribution in [0.25, 0.3) is 0 Å². The Morgan fingerprint density at radius 1 is 0.909 bits per heavy atom. The van der Waals surface area contributed by atoms with Crippen molar-refractivity contribution in [3.8, 4) is 11.5 Å². The van der Waals surface area contributed by atoms with E-state index < -0.39 is 0 Å². The summed E-state index contributed by atoms with van der Waals surface area (Å²) in [6, 6.07) is 15.6. The molecule has 0 heterocycles. The highest BCUT2D eigenvalue weighted by molar-refractivity contribution is 8.13. The van der Waals surface area contributed by atoms with Gasteiger partial charge in [0.2, 0.25) is 0 Å². The van der Waals surface area contributed by atoms with E-state index in [1.54, 1.807) is 14.2 Å². The number of nitrogens with two attached hydrogens (primary N) is 1. The number of methoxy groups -OCH3 is 2. The molecule has 4 nitrogen and oxygen atoms in total. The monoisotopic (exact) mass is 316 g/mol. The smallest absolute Gasteiger partial charge is 0.154 e. The Kier molecular flexibility index (Phi) is 5.72. The highest BCUT2D eigenvalue weighted by Gasteiger charge is 2.14. The maximum Gasteiger partial charge on any atom is 0.154 e.